The van der Waals surface area contributed by atoms with Crippen LogP contribution in [0.15, 0.2) is 42.5 Å². The third kappa shape index (κ3) is 2.54. The first-order chi connectivity index (χ1) is 10.2. The lowest BCUT2D eigenvalue weighted by Gasteiger charge is -2.30. The van der Waals surface area contributed by atoms with E-state index in [-0.39, 0.29) is 12.1 Å². The van der Waals surface area contributed by atoms with E-state index in [1.807, 2.05) is 18.2 Å². The molecule has 2 aliphatic rings. The minimum atomic E-state index is -0.0273. The van der Waals surface area contributed by atoms with E-state index in [0.29, 0.717) is 5.02 Å². The van der Waals surface area contributed by atoms with E-state index in [9.17, 15) is 0 Å². The Labute approximate surface area is 129 Å². The molecule has 1 saturated carbocycles. The zero-order valence-corrected chi connectivity index (χ0v) is 12.5. The highest BCUT2D eigenvalue weighted by atomic mass is 35.5. The highest BCUT2D eigenvalue weighted by molar-refractivity contribution is 6.30. The average Bonchev–Trinajstić information content (AvgIpc) is 3.33. The van der Waals surface area contributed by atoms with Crippen molar-refractivity contribution in [2.24, 2.45) is 5.73 Å². The van der Waals surface area contributed by atoms with Gasteiger partial charge in [0.15, 0.2) is 0 Å². The fourth-order valence-corrected chi connectivity index (χ4v) is 3.26. The molecule has 2 aromatic rings. The highest BCUT2D eigenvalue weighted by Crippen LogP contribution is 2.43. The summed E-state index contributed by atoms with van der Waals surface area (Å²) < 4.78 is 6.12. The van der Waals surface area contributed by atoms with Gasteiger partial charge in [-0.25, -0.2) is 0 Å². The number of halogens is 1. The fourth-order valence-electron chi connectivity index (χ4n) is 3.08. The van der Waals surface area contributed by atoms with E-state index in [2.05, 4.69) is 24.3 Å². The van der Waals surface area contributed by atoms with E-state index in [0.717, 1.165) is 23.7 Å². The summed E-state index contributed by atoms with van der Waals surface area (Å²) in [6, 6.07) is 14.5. The Morgan fingerprint density at radius 3 is 2.43 bits per heavy atom. The van der Waals surface area contributed by atoms with Crippen molar-refractivity contribution in [1.82, 2.24) is 0 Å². The number of fused-ring (bicyclic) bond motifs is 1. The molecule has 2 atom stereocenters. The SMILES string of the molecule is N[C@@H]1CC(c2ccc(C3CC3)cc2)Oc2ccc(Cl)cc21. The largest absolute Gasteiger partial charge is 0.485 e. The number of ether oxygens (including phenoxy) is 1. The summed E-state index contributed by atoms with van der Waals surface area (Å²) in [6.45, 7) is 0. The van der Waals surface area contributed by atoms with Gasteiger partial charge in [-0.1, -0.05) is 35.9 Å². The summed E-state index contributed by atoms with van der Waals surface area (Å²) in [5, 5.41) is 0.708. The molecule has 1 unspecified atom stereocenters. The van der Waals surface area contributed by atoms with Gasteiger partial charge in [0.1, 0.15) is 11.9 Å². The standard InChI is InChI=1S/C18H18ClNO/c19-14-7-8-17-15(9-14)16(20)10-18(21-17)13-5-3-12(4-6-13)11-1-2-11/h3-9,11,16,18H,1-2,10,20H2/t16-,18?/m1/s1. The fraction of sp³-hybridized carbons (Fsp3) is 0.333. The lowest BCUT2D eigenvalue weighted by molar-refractivity contribution is 0.161. The molecular weight excluding hydrogens is 282 g/mol. The van der Waals surface area contributed by atoms with Crippen LogP contribution < -0.4 is 10.5 Å². The normalized spacial score (nSPS) is 24.3. The monoisotopic (exact) mass is 299 g/mol. The quantitative estimate of drug-likeness (QED) is 0.869. The van der Waals surface area contributed by atoms with Crippen molar-refractivity contribution < 1.29 is 4.74 Å². The molecule has 0 amide bonds. The van der Waals surface area contributed by atoms with Crippen molar-refractivity contribution in [2.45, 2.75) is 37.3 Å². The Morgan fingerprint density at radius 2 is 1.71 bits per heavy atom. The van der Waals surface area contributed by atoms with Gasteiger partial charge >= 0.3 is 0 Å². The van der Waals surface area contributed by atoms with Crippen LogP contribution in [0.2, 0.25) is 5.02 Å². The van der Waals surface area contributed by atoms with Crippen LogP contribution in [-0.2, 0) is 0 Å². The first-order valence-corrected chi connectivity index (χ1v) is 7.90. The number of rotatable bonds is 2. The highest BCUT2D eigenvalue weighted by Gasteiger charge is 2.28. The van der Waals surface area contributed by atoms with Crippen molar-refractivity contribution in [1.29, 1.82) is 0 Å². The second kappa shape index (κ2) is 5.04. The molecule has 1 heterocycles. The smallest absolute Gasteiger partial charge is 0.126 e. The maximum Gasteiger partial charge on any atom is 0.126 e. The van der Waals surface area contributed by atoms with Crippen molar-refractivity contribution in [2.75, 3.05) is 0 Å². The van der Waals surface area contributed by atoms with Gasteiger partial charge in [0, 0.05) is 23.0 Å². The van der Waals surface area contributed by atoms with Gasteiger partial charge in [-0.3, -0.25) is 0 Å². The van der Waals surface area contributed by atoms with E-state index in [1.54, 1.807) is 0 Å². The minimum Gasteiger partial charge on any atom is -0.485 e. The lowest BCUT2D eigenvalue weighted by atomic mass is 9.93. The van der Waals surface area contributed by atoms with Crippen molar-refractivity contribution in [3.63, 3.8) is 0 Å². The Morgan fingerprint density at radius 1 is 1.00 bits per heavy atom. The molecule has 0 aromatic heterocycles. The topological polar surface area (TPSA) is 35.2 Å². The first kappa shape index (κ1) is 13.2. The van der Waals surface area contributed by atoms with Gasteiger partial charge in [0.2, 0.25) is 0 Å². The van der Waals surface area contributed by atoms with Crippen LogP contribution >= 0.6 is 11.6 Å². The summed E-state index contributed by atoms with van der Waals surface area (Å²) in [6.07, 6.45) is 3.48. The number of hydrogen-bond donors (Lipinski definition) is 1. The van der Waals surface area contributed by atoms with E-state index >= 15 is 0 Å². The predicted molar refractivity (Wildman–Crippen MR) is 84.8 cm³/mol. The second-order valence-corrected chi connectivity index (χ2v) is 6.51. The second-order valence-electron chi connectivity index (χ2n) is 6.07. The molecule has 0 saturated heterocycles. The van der Waals surface area contributed by atoms with Crippen molar-refractivity contribution in [3.05, 3.63) is 64.2 Å². The van der Waals surface area contributed by atoms with Crippen molar-refractivity contribution >= 4 is 11.6 Å². The maximum absolute atomic E-state index is 6.29. The molecule has 0 spiro atoms. The van der Waals surface area contributed by atoms with Gasteiger partial charge < -0.3 is 10.5 Å². The van der Waals surface area contributed by atoms with Gasteiger partial charge in [-0.05, 0) is 48.1 Å². The summed E-state index contributed by atoms with van der Waals surface area (Å²) in [7, 11) is 0. The minimum absolute atomic E-state index is 0.0273. The molecule has 2 nitrogen and oxygen atoms in total. The molecular formula is C18H18ClNO. The molecule has 1 aliphatic heterocycles. The third-order valence-electron chi connectivity index (χ3n) is 4.47. The average molecular weight is 300 g/mol. The summed E-state index contributed by atoms with van der Waals surface area (Å²) in [5.74, 6) is 1.64. The van der Waals surface area contributed by atoms with Crippen molar-refractivity contribution in [3.8, 4) is 5.75 Å². The summed E-state index contributed by atoms with van der Waals surface area (Å²) in [4.78, 5) is 0. The lowest BCUT2D eigenvalue weighted by Crippen LogP contribution is -2.24. The summed E-state index contributed by atoms with van der Waals surface area (Å²) >= 11 is 6.04. The van der Waals surface area contributed by atoms with Crippen LogP contribution in [0.25, 0.3) is 0 Å². The molecule has 4 rings (SSSR count). The molecule has 21 heavy (non-hydrogen) atoms. The molecule has 2 aromatic carbocycles. The molecule has 1 aliphatic carbocycles. The Kier molecular flexibility index (Phi) is 3.16. The van der Waals surface area contributed by atoms with Crippen LogP contribution in [0, 0.1) is 0 Å². The van der Waals surface area contributed by atoms with Crippen LogP contribution in [0.5, 0.6) is 5.75 Å². The van der Waals surface area contributed by atoms with Crippen LogP contribution in [0.3, 0.4) is 0 Å². The van der Waals surface area contributed by atoms with Crippen LogP contribution in [0.1, 0.15) is 54.0 Å². The molecule has 1 fully saturated rings. The van der Waals surface area contributed by atoms with Crippen LogP contribution in [0.4, 0.5) is 0 Å². The summed E-state index contributed by atoms with van der Waals surface area (Å²) in [5.41, 5.74) is 9.95. The molecule has 3 heteroatoms. The van der Waals surface area contributed by atoms with Crippen LogP contribution in [-0.4, -0.2) is 0 Å². The Bertz CT molecular complexity index is 663. The van der Waals surface area contributed by atoms with Gasteiger partial charge in [0.25, 0.3) is 0 Å². The number of benzene rings is 2. The Hall–Kier alpha value is -1.51. The first-order valence-electron chi connectivity index (χ1n) is 7.52. The molecule has 0 bridgehead atoms. The van der Waals surface area contributed by atoms with E-state index in [1.165, 1.54) is 24.0 Å². The third-order valence-corrected chi connectivity index (χ3v) is 4.70. The van der Waals surface area contributed by atoms with E-state index < -0.39 is 0 Å². The van der Waals surface area contributed by atoms with Gasteiger partial charge in [0.05, 0.1) is 0 Å². The zero-order valence-electron chi connectivity index (χ0n) is 11.8. The Balaban J connectivity index is 1.60. The van der Waals surface area contributed by atoms with E-state index in [4.69, 9.17) is 22.1 Å². The molecule has 0 radical (unpaired) electrons. The number of hydrogen-bond acceptors (Lipinski definition) is 2. The maximum atomic E-state index is 6.29. The molecule has 108 valence electrons. The van der Waals surface area contributed by atoms with Gasteiger partial charge in [-0.2, -0.15) is 0 Å². The number of nitrogens with two attached hydrogens (primary N) is 1. The predicted octanol–water partition coefficient (Wildman–Crippen LogP) is 4.74. The molecule has 2 N–H and O–H groups in total. The van der Waals surface area contributed by atoms with Gasteiger partial charge in [-0.15, -0.1) is 0 Å². The zero-order chi connectivity index (χ0) is 14.4.